The van der Waals surface area contributed by atoms with Crippen LogP contribution in [0.25, 0.3) is 10.2 Å². The third-order valence-electron chi connectivity index (χ3n) is 4.13. The highest BCUT2D eigenvalue weighted by molar-refractivity contribution is 7.18. The molecule has 100 valence electrons. The Balaban J connectivity index is 1.68. The second-order valence-electron chi connectivity index (χ2n) is 5.68. The Bertz CT molecular complexity index is 548. The molecule has 0 N–H and O–H groups in total. The minimum Gasteiger partial charge on any atom is -0.299 e. The molecular weight excluding hydrogens is 254 g/mol. The van der Waals surface area contributed by atoms with Gasteiger partial charge in [0.1, 0.15) is 10.8 Å². The van der Waals surface area contributed by atoms with E-state index < -0.39 is 0 Å². The summed E-state index contributed by atoms with van der Waals surface area (Å²) < 4.78 is 1.18. The lowest BCUT2D eigenvalue weighted by molar-refractivity contribution is -0.123. The van der Waals surface area contributed by atoms with Gasteiger partial charge in [0.25, 0.3) is 0 Å². The Morgan fingerprint density at radius 1 is 1.26 bits per heavy atom. The molecule has 0 aliphatic heterocycles. The van der Waals surface area contributed by atoms with Gasteiger partial charge in [0, 0.05) is 5.92 Å². The fourth-order valence-corrected chi connectivity index (χ4v) is 3.85. The molecule has 0 radical (unpaired) electrons. The van der Waals surface area contributed by atoms with E-state index in [1.807, 2.05) is 18.2 Å². The fourth-order valence-electron chi connectivity index (χ4n) is 2.87. The number of aromatic nitrogens is 1. The van der Waals surface area contributed by atoms with Crippen LogP contribution in [0.2, 0.25) is 0 Å². The van der Waals surface area contributed by atoms with Crippen LogP contribution in [-0.2, 0) is 11.2 Å². The predicted octanol–water partition coefficient (Wildman–Crippen LogP) is 4.23. The molecule has 3 rings (SSSR count). The normalized spacial score (nSPS) is 23.6. The summed E-state index contributed by atoms with van der Waals surface area (Å²) in [4.78, 5) is 16.9. The van der Waals surface area contributed by atoms with Crippen molar-refractivity contribution < 1.29 is 4.79 Å². The quantitative estimate of drug-likeness (QED) is 0.837. The summed E-state index contributed by atoms with van der Waals surface area (Å²) in [6, 6.07) is 8.11. The van der Waals surface area contributed by atoms with Crippen LogP contribution in [0.1, 0.15) is 37.6 Å². The van der Waals surface area contributed by atoms with E-state index in [4.69, 9.17) is 0 Å². The Morgan fingerprint density at radius 2 is 2.00 bits per heavy atom. The number of hydrogen-bond donors (Lipinski definition) is 0. The largest absolute Gasteiger partial charge is 0.299 e. The van der Waals surface area contributed by atoms with E-state index in [0.717, 1.165) is 29.3 Å². The Hall–Kier alpha value is -1.22. The highest BCUT2D eigenvalue weighted by Crippen LogP contribution is 2.30. The van der Waals surface area contributed by atoms with Crippen molar-refractivity contribution in [3.8, 4) is 0 Å². The van der Waals surface area contributed by atoms with Crippen molar-refractivity contribution >= 4 is 27.3 Å². The van der Waals surface area contributed by atoms with Crippen molar-refractivity contribution in [1.82, 2.24) is 4.98 Å². The topological polar surface area (TPSA) is 30.0 Å². The van der Waals surface area contributed by atoms with E-state index in [-0.39, 0.29) is 5.92 Å². The number of carbonyl (C=O) groups is 1. The standard InChI is InChI=1S/C16H19NOS/c1-11-6-8-12(9-7-11)14(18)10-16-17-13-4-2-3-5-15(13)19-16/h2-5,11-12H,6-10H2,1H3. The molecule has 0 amide bonds. The van der Waals surface area contributed by atoms with Gasteiger partial charge in [-0.05, 0) is 30.9 Å². The van der Waals surface area contributed by atoms with Gasteiger partial charge in [-0.1, -0.05) is 31.9 Å². The summed E-state index contributed by atoms with van der Waals surface area (Å²) in [5.74, 6) is 1.47. The molecule has 1 aromatic heterocycles. The van der Waals surface area contributed by atoms with Crippen molar-refractivity contribution in [2.24, 2.45) is 11.8 Å². The van der Waals surface area contributed by atoms with E-state index >= 15 is 0 Å². The monoisotopic (exact) mass is 273 g/mol. The molecule has 0 atom stereocenters. The minimum atomic E-state index is 0.281. The Kier molecular flexibility index (Phi) is 3.65. The van der Waals surface area contributed by atoms with Gasteiger partial charge in [0.15, 0.2) is 0 Å². The van der Waals surface area contributed by atoms with Gasteiger partial charge in [-0.2, -0.15) is 0 Å². The van der Waals surface area contributed by atoms with E-state index in [1.54, 1.807) is 11.3 Å². The predicted molar refractivity (Wildman–Crippen MR) is 79.5 cm³/mol. The maximum atomic E-state index is 12.3. The molecule has 0 bridgehead atoms. The molecule has 1 aliphatic carbocycles. The second kappa shape index (κ2) is 5.41. The number of hydrogen-bond acceptors (Lipinski definition) is 3. The Morgan fingerprint density at radius 3 is 2.74 bits per heavy atom. The number of fused-ring (bicyclic) bond motifs is 1. The Labute approximate surface area is 117 Å². The zero-order valence-corrected chi connectivity index (χ0v) is 12.1. The van der Waals surface area contributed by atoms with Crippen LogP contribution in [0.3, 0.4) is 0 Å². The zero-order valence-electron chi connectivity index (χ0n) is 11.3. The lowest BCUT2D eigenvalue weighted by atomic mass is 9.80. The van der Waals surface area contributed by atoms with Crippen LogP contribution in [0.15, 0.2) is 24.3 Å². The molecule has 1 heterocycles. The SMILES string of the molecule is CC1CCC(C(=O)Cc2nc3ccccc3s2)CC1. The highest BCUT2D eigenvalue weighted by Gasteiger charge is 2.24. The van der Waals surface area contributed by atoms with Gasteiger partial charge in [-0.15, -0.1) is 11.3 Å². The maximum absolute atomic E-state index is 12.3. The number of rotatable bonds is 3. The fraction of sp³-hybridized carbons (Fsp3) is 0.500. The van der Waals surface area contributed by atoms with Crippen molar-refractivity contribution in [3.05, 3.63) is 29.3 Å². The van der Waals surface area contributed by atoms with E-state index in [1.165, 1.54) is 17.5 Å². The molecule has 19 heavy (non-hydrogen) atoms. The number of benzene rings is 1. The molecule has 1 saturated carbocycles. The summed E-state index contributed by atoms with van der Waals surface area (Å²) in [5, 5.41) is 0.977. The molecule has 3 heteroatoms. The molecule has 0 unspecified atom stereocenters. The lowest BCUT2D eigenvalue weighted by Gasteiger charge is -2.24. The van der Waals surface area contributed by atoms with Crippen LogP contribution in [0.5, 0.6) is 0 Å². The molecule has 1 aromatic carbocycles. The van der Waals surface area contributed by atoms with Crippen LogP contribution >= 0.6 is 11.3 Å². The first kappa shape index (κ1) is 12.8. The van der Waals surface area contributed by atoms with Gasteiger partial charge < -0.3 is 0 Å². The minimum absolute atomic E-state index is 0.281. The lowest BCUT2D eigenvalue weighted by Crippen LogP contribution is -2.22. The van der Waals surface area contributed by atoms with E-state index in [0.29, 0.717) is 12.2 Å². The van der Waals surface area contributed by atoms with Crippen LogP contribution < -0.4 is 0 Å². The van der Waals surface area contributed by atoms with Crippen molar-refractivity contribution in [2.75, 3.05) is 0 Å². The first-order valence-corrected chi connectivity index (χ1v) is 7.91. The van der Waals surface area contributed by atoms with Gasteiger partial charge in [-0.25, -0.2) is 4.98 Å². The average molecular weight is 273 g/mol. The average Bonchev–Trinajstić information content (AvgIpc) is 2.81. The van der Waals surface area contributed by atoms with E-state index in [9.17, 15) is 4.79 Å². The van der Waals surface area contributed by atoms with E-state index in [2.05, 4.69) is 18.0 Å². The van der Waals surface area contributed by atoms with Crippen molar-refractivity contribution in [2.45, 2.75) is 39.0 Å². The number of carbonyl (C=O) groups excluding carboxylic acids is 1. The van der Waals surface area contributed by atoms with Gasteiger partial charge in [0.05, 0.1) is 16.6 Å². The summed E-state index contributed by atoms with van der Waals surface area (Å²) in [5.41, 5.74) is 1.02. The number of thiazole rings is 1. The summed E-state index contributed by atoms with van der Waals surface area (Å²) in [6.45, 7) is 2.29. The van der Waals surface area contributed by atoms with Crippen LogP contribution in [0, 0.1) is 11.8 Å². The van der Waals surface area contributed by atoms with Gasteiger partial charge in [-0.3, -0.25) is 4.79 Å². The molecular formula is C16H19NOS. The third kappa shape index (κ3) is 2.86. The number of Topliss-reactive ketones (excluding diaryl/α,β-unsaturated/α-hetero) is 1. The second-order valence-corrected chi connectivity index (χ2v) is 6.79. The first-order valence-electron chi connectivity index (χ1n) is 7.09. The van der Waals surface area contributed by atoms with Crippen LogP contribution in [0.4, 0.5) is 0 Å². The van der Waals surface area contributed by atoms with Crippen molar-refractivity contribution in [3.63, 3.8) is 0 Å². The summed E-state index contributed by atoms with van der Waals surface area (Å²) in [6.07, 6.45) is 5.08. The molecule has 0 saturated heterocycles. The number of para-hydroxylation sites is 1. The van der Waals surface area contributed by atoms with Gasteiger partial charge in [0.2, 0.25) is 0 Å². The summed E-state index contributed by atoms with van der Waals surface area (Å²) >= 11 is 1.66. The molecule has 2 nitrogen and oxygen atoms in total. The van der Waals surface area contributed by atoms with Gasteiger partial charge >= 0.3 is 0 Å². The zero-order chi connectivity index (χ0) is 13.2. The molecule has 1 aliphatic rings. The summed E-state index contributed by atoms with van der Waals surface area (Å²) in [7, 11) is 0. The third-order valence-corrected chi connectivity index (χ3v) is 5.17. The molecule has 2 aromatic rings. The smallest absolute Gasteiger partial charge is 0.142 e. The number of ketones is 1. The van der Waals surface area contributed by atoms with Crippen molar-refractivity contribution in [1.29, 1.82) is 0 Å². The number of nitrogens with zero attached hydrogens (tertiary/aromatic N) is 1. The maximum Gasteiger partial charge on any atom is 0.142 e. The molecule has 0 spiro atoms. The van der Waals surface area contributed by atoms with Crippen LogP contribution in [-0.4, -0.2) is 10.8 Å². The molecule has 1 fully saturated rings. The first-order chi connectivity index (χ1) is 9.22. The highest BCUT2D eigenvalue weighted by atomic mass is 32.1.